The molecule has 0 bridgehead atoms. The summed E-state index contributed by atoms with van der Waals surface area (Å²) >= 11 is 4.32. The van der Waals surface area contributed by atoms with Gasteiger partial charge < -0.3 is 8.92 Å². The summed E-state index contributed by atoms with van der Waals surface area (Å²) in [4.78, 5) is 4.05. The van der Waals surface area contributed by atoms with E-state index in [2.05, 4.69) is 20.9 Å². The van der Waals surface area contributed by atoms with Crippen LogP contribution in [0.3, 0.4) is 0 Å². The second-order valence-corrected chi connectivity index (χ2v) is 8.57. The maximum absolute atomic E-state index is 12.1. The van der Waals surface area contributed by atoms with E-state index in [4.69, 9.17) is 8.92 Å². The number of hydrogen-bond donors (Lipinski definition) is 0. The number of hydrogen-bond acceptors (Lipinski definition) is 6. The molecule has 8 heteroatoms. The van der Waals surface area contributed by atoms with Gasteiger partial charge in [0.25, 0.3) is 0 Å². The molecule has 23 heavy (non-hydrogen) atoms. The zero-order valence-electron chi connectivity index (χ0n) is 11.5. The van der Waals surface area contributed by atoms with Crippen LogP contribution in [0.15, 0.2) is 68.8 Å². The SMILES string of the molecule is O=S(=O)(Oc1ccc(Oc2ccccn2)cc1)c1ccc(Br)s1. The Kier molecular flexibility index (Phi) is 4.65. The molecule has 1 aromatic carbocycles. The minimum Gasteiger partial charge on any atom is -0.439 e. The van der Waals surface area contributed by atoms with Crippen LogP contribution < -0.4 is 8.92 Å². The van der Waals surface area contributed by atoms with Crippen molar-refractivity contribution in [3.8, 4) is 17.4 Å². The topological polar surface area (TPSA) is 65.5 Å². The molecule has 0 aliphatic rings. The summed E-state index contributed by atoms with van der Waals surface area (Å²) in [6, 6.07) is 14.8. The normalized spacial score (nSPS) is 11.2. The first-order valence-corrected chi connectivity index (χ1v) is 9.43. The number of benzene rings is 1. The van der Waals surface area contributed by atoms with Gasteiger partial charge in [-0.2, -0.15) is 8.42 Å². The van der Waals surface area contributed by atoms with Crippen LogP contribution in [-0.4, -0.2) is 13.4 Å². The van der Waals surface area contributed by atoms with Gasteiger partial charge in [0, 0.05) is 12.3 Å². The van der Waals surface area contributed by atoms with E-state index < -0.39 is 10.1 Å². The Morgan fingerprint density at radius 2 is 1.70 bits per heavy atom. The van der Waals surface area contributed by atoms with Crippen molar-refractivity contribution >= 4 is 37.4 Å². The number of pyridine rings is 1. The Hall–Kier alpha value is -1.90. The average Bonchev–Trinajstić information content (AvgIpc) is 2.98. The van der Waals surface area contributed by atoms with Gasteiger partial charge in [0.2, 0.25) is 5.88 Å². The monoisotopic (exact) mass is 411 g/mol. The first-order valence-electron chi connectivity index (χ1n) is 6.42. The molecule has 0 N–H and O–H groups in total. The van der Waals surface area contributed by atoms with Gasteiger partial charge in [-0.15, -0.1) is 11.3 Å². The minimum atomic E-state index is -3.83. The summed E-state index contributed by atoms with van der Waals surface area (Å²) in [7, 11) is -3.83. The lowest BCUT2D eigenvalue weighted by Gasteiger charge is -2.07. The molecule has 0 saturated carbocycles. The zero-order chi connectivity index (χ0) is 16.3. The quantitative estimate of drug-likeness (QED) is 0.579. The molecule has 0 radical (unpaired) electrons. The van der Waals surface area contributed by atoms with Crippen LogP contribution in [0.25, 0.3) is 0 Å². The van der Waals surface area contributed by atoms with E-state index in [-0.39, 0.29) is 9.96 Å². The van der Waals surface area contributed by atoms with Crippen LogP contribution in [0.4, 0.5) is 0 Å². The lowest BCUT2D eigenvalue weighted by Crippen LogP contribution is -2.07. The van der Waals surface area contributed by atoms with Crippen molar-refractivity contribution in [1.29, 1.82) is 0 Å². The van der Waals surface area contributed by atoms with Gasteiger partial charge in [0.05, 0.1) is 3.79 Å². The van der Waals surface area contributed by atoms with Crippen LogP contribution >= 0.6 is 27.3 Å². The molecule has 0 atom stereocenters. The number of rotatable bonds is 5. The summed E-state index contributed by atoms with van der Waals surface area (Å²) in [6.07, 6.45) is 1.62. The number of halogens is 1. The van der Waals surface area contributed by atoms with Gasteiger partial charge in [0.15, 0.2) is 4.21 Å². The van der Waals surface area contributed by atoms with Gasteiger partial charge in [-0.3, -0.25) is 0 Å². The molecule has 0 spiro atoms. The predicted molar refractivity (Wildman–Crippen MR) is 90.6 cm³/mol. The summed E-state index contributed by atoms with van der Waals surface area (Å²) in [5.41, 5.74) is 0. The molecule has 5 nitrogen and oxygen atoms in total. The standard InChI is InChI=1S/C15H10BrNO4S2/c16-13-8-9-15(22-13)23(18,19)21-12-6-4-11(5-7-12)20-14-3-1-2-10-17-14/h1-10H. The van der Waals surface area contributed by atoms with Crippen LogP contribution in [0.2, 0.25) is 0 Å². The van der Waals surface area contributed by atoms with E-state index in [1.807, 2.05) is 6.07 Å². The van der Waals surface area contributed by atoms with Gasteiger partial charge in [-0.1, -0.05) is 6.07 Å². The molecule has 3 aromatic rings. The highest BCUT2D eigenvalue weighted by Crippen LogP contribution is 2.29. The van der Waals surface area contributed by atoms with Crippen LogP contribution in [-0.2, 0) is 10.1 Å². The summed E-state index contributed by atoms with van der Waals surface area (Å²) in [6.45, 7) is 0. The molecule has 3 rings (SSSR count). The third kappa shape index (κ3) is 4.10. The molecule has 2 aromatic heterocycles. The van der Waals surface area contributed by atoms with Crippen molar-refractivity contribution in [3.05, 3.63) is 64.6 Å². The van der Waals surface area contributed by atoms with Gasteiger partial charge in [0.1, 0.15) is 11.5 Å². The Balaban J connectivity index is 1.72. The van der Waals surface area contributed by atoms with Crippen LogP contribution in [0, 0.1) is 0 Å². The molecule has 0 aliphatic heterocycles. The fourth-order valence-corrected chi connectivity index (χ4v) is 4.59. The highest BCUT2D eigenvalue weighted by Gasteiger charge is 2.19. The Morgan fingerprint density at radius 1 is 0.957 bits per heavy atom. The molecule has 0 aliphatic carbocycles. The smallest absolute Gasteiger partial charge is 0.348 e. The average molecular weight is 412 g/mol. The number of nitrogens with zero attached hydrogens (tertiary/aromatic N) is 1. The molecule has 0 fully saturated rings. The summed E-state index contributed by atoms with van der Waals surface area (Å²) in [5, 5.41) is 0. The van der Waals surface area contributed by atoms with Crippen molar-refractivity contribution < 1.29 is 17.3 Å². The fraction of sp³-hybridized carbons (Fsp3) is 0. The molecule has 118 valence electrons. The van der Waals surface area contributed by atoms with Crippen molar-refractivity contribution in [3.63, 3.8) is 0 Å². The zero-order valence-corrected chi connectivity index (χ0v) is 14.8. The van der Waals surface area contributed by atoms with E-state index >= 15 is 0 Å². The maximum atomic E-state index is 12.1. The Bertz CT molecular complexity index is 893. The van der Waals surface area contributed by atoms with E-state index in [9.17, 15) is 8.42 Å². The largest absolute Gasteiger partial charge is 0.439 e. The van der Waals surface area contributed by atoms with E-state index in [0.29, 0.717) is 11.6 Å². The van der Waals surface area contributed by atoms with Crippen LogP contribution in [0.1, 0.15) is 0 Å². The fourth-order valence-electron chi connectivity index (χ4n) is 1.69. The molecule has 0 amide bonds. The van der Waals surface area contributed by atoms with Crippen molar-refractivity contribution in [2.24, 2.45) is 0 Å². The third-order valence-electron chi connectivity index (χ3n) is 2.68. The van der Waals surface area contributed by atoms with Crippen LogP contribution in [0.5, 0.6) is 17.4 Å². The molecule has 0 unspecified atom stereocenters. The number of ether oxygens (including phenoxy) is 1. The van der Waals surface area contributed by atoms with E-state index in [1.54, 1.807) is 36.5 Å². The maximum Gasteiger partial charge on any atom is 0.348 e. The minimum absolute atomic E-state index is 0.137. The lowest BCUT2D eigenvalue weighted by molar-refractivity contribution is 0.459. The Morgan fingerprint density at radius 3 is 2.30 bits per heavy atom. The number of thiophene rings is 1. The van der Waals surface area contributed by atoms with E-state index in [1.165, 1.54) is 18.2 Å². The van der Waals surface area contributed by atoms with Crippen molar-refractivity contribution in [2.75, 3.05) is 0 Å². The highest BCUT2D eigenvalue weighted by molar-refractivity contribution is 9.11. The van der Waals surface area contributed by atoms with Gasteiger partial charge in [-0.25, -0.2) is 4.98 Å². The first kappa shape index (κ1) is 16.0. The van der Waals surface area contributed by atoms with Crippen molar-refractivity contribution in [2.45, 2.75) is 4.21 Å². The van der Waals surface area contributed by atoms with E-state index in [0.717, 1.165) is 15.1 Å². The second-order valence-electron chi connectivity index (χ2n) is 4.34. The lowest BCUT2D eigenvalue weighted by atomic mass is 10.3. The summed E-state index contributed by atoms with van der Waals surface area (Å²) in [5.74, 6) is 1.20. The number of aromatic nitrogens is 1. The molecule has 0 saturated heterocycles. The summed E-state index contributed by atoms with van der Waals surface area (Å²) < 4.78 is 35.7. The Labute approximate surface area is 145 Å². The first-order chi connectivity index (χ1) is 11.0. The molecular formula is C15H10BrNO4S2. The van der Waals surface area contributed by atoms with Gasteiger partial charge >= 0.3 is 10.1 Å². The van der Waals surface area contributed by atoms with Gasteiger partial charge in [-0.05, 0) is 58.4 Å². The predicted octanol–water partition coefficient (Wildman–Crippen LogP) is 4.47. The third-order valence-corrected chi connectivity index (χ3v) is 6.01. The highest BCUT2D eigenvalue weighted by atomic mass is 79.9. The second kappa shape index (κ2) is 6.69. The molecule has 2 heterocycles. The van der Waals surface area contributed by atoms with Crippen molar-refractivity contribution in [1.82, 2.24) is 4.98 Å². The molecular weight excluding hydrogens is 402 g/mol.